The van der Waals surface area contributed by atoms with Crippen molar-refractivity contribution in [1.82, 2.24) is 0 Å². The van der Waals surface area contributed by atoms with Crippen LogP contribution < -0.4 is 0 Å². The van der Waals surface area contributed by atoms with Crippen LogP contribution in [0.1, 0.15) is 26.3 Å². The highest BCUT2D eigenvalue weighted by Gasteiger charge is 2.25. The predicted molar refractivity (Wildman–Crippen MR) is 69.5 cm³/mol. The van der Waals surface area contributed by atoms with Gasteiger partial charge in [0.25, 0.3) is 0 Å². The van der Waals surface area contributed by atoms with Crippen molar-refractivity contribution in [3.05, 3.63) is 40.4 Å². The van der Waals surface area contributed by atoms with Crippen LogP contribution >= 0.6 is 11.6 Å². The molecule has 1 aromatic rings. The topological polar surface area (TPSA) is 40.9 Å². The number of carbonyl (C=O) groups is 1. The average Bonchev–Trinajstić information content (AvgIpc) is 2.26. The largest absolute Gasteiger partial charge is 0.293 e. The molecule has 0 atom stereocenters. The van der Waals surface area contributed by atoms with Crippen LogP contribution in [0.3, 0.4) is 0 Å². The highest BCUT2D eigenvalue weighted by molar-refractivity contribution is 6.32. The average molecular weight is 248 g/mol. The number of rotatable bonds is 2. The molecule has 3 heteroatoms. The molecule has 0 aliphatic rings. The molecular weight excluding hydrogens is 234 g/mol. The van der Waals surface area contributed by atoms with Crippen molar-refractivity contribution in [3.8, 4) is 6.07 Å². The van der Waals surface area contributed by atoms with Crippen LogP contribution in [0.25, 0.3) is 6.08 Å². The number of halogens is 1. The molecule has 0 aromatic heterocycles. The molecule has 2 nitrogen and oxygen atoms in total. The van der Waals surface area contributed by atoms with Crippen molar-refractivity contribution in [2.75, 3.05) is 0 Å². The third kappa shape index (κ3) is 3.44. The molecule has 1 aromatic carbocycles. The van der Waals surface area contributed by atoms with E-state index in [1.54, 1.807) is 39.0 Å². The SMILES string of the molecule is CC(C)(C)C(=O)/C(C#N)=C/c1ccccc1Cl. The molecule has 17 heavy (non-hydrogen) atoms. The van der Waals surface area contributed by atoms with Gasteiger partial charge in [0.1, 0.15) is 6.07 Å². The maximum absolute atomic E-state index is 12.0. The van der Waals surface area contributed by atoms with Crippen LogP contribution in [-0.4, -0.2) is 5.78 Å². The lowest BCUT2D eigenvalue weighted by Crippen LogP contribution is -2.21. The smallest absolute Gasteiger partial charge is 0.178 e. The number of carbonyl (C=O) groups excluding carboxylic acids is 1. The van der Waals surface area contributed by atoms with E-state index in [1.165, 1.54) is 6.08 Å². The molecule has 0 bridgehead atoms. The Hall–Kier alpha value is -1.59. The van der Waals surface area contributed by atoms with E-state index < -0.39 is 5.41 Å². The summed E-state index contributed by atoms with van der Waals surface area (Å²) in [6, 6.07) is 9.05. The van der Waals surface area contributed by atoms with E-state index in [0.29, 0.717) is 10.6 Å². The fourth-order valence-corrected chi connectivity index (χ4v) is 1.49. The van der Waals surface area contributed by atoms with Crippen LogP contribution in [-0.2, 0) is 4.79 Å². The summed E-state index contributed by atoms with van der Waals surface area (Å²) < 4.78 is 0. The molecular formula is C14H14ClNO. The van der Waals surface area contributed by atoms with Crippen molar-refractivity contribution in [3.63, 3.8) is 0 Å². The van der Waals surface area contributed by atoms with E-state index in [1.807, 2.05) is 12.1 Å². The van der Waals surface area contributed by atoms with Gasteiger partial charge in [-0.1, -0.05) is 50.6 Å². The zero-order chi connectivity index (χ0) is 13.1. The first-order valence-corrected chi connectivity index (χ1v) is 5.65. The number of ketones is 1. The summed E-state index contributed by atoms with van der Waals surface area (Å²) in [6.45, 7) is 5.35. The number of hydrogen-bond donors (Lipinski definition) is 0. The molecule has 0 fully saturated rings. The minimum Gasteiger partial charge on any atom is -0.293 e. The molecule has 0 saturated heterocycles. The first-order valence-electron chi connectivity index (χ1n) is 5.27. The summed E-state index contributed by atoms with van der Waals surface area (Å²) in [6.07, 6.45) is 1.54. The van der Waals surface area contributed by atoms with Crippen LogP contribution in [0.15, 0.2) is 29.8 Å². The number of nitrogens with zero attached hydrogens (tertiary/aromatic N) is 1. The van der Waals surface area contributed by atoms with Gasteiger partial charge in [0.15, 0.2) is 5.78 Å². The zero-order valence-corrected chi connectivity index (χ0v) is 10.9. The number of hydrogen-bond acceptors (Lipinski definition) is 2. The first-order chi connectivity index (χ1) is 7.86. The Bertz CT molecular complexity index is 504. The number of nitriles is 1. The van der Waals surface area contributed by atoms with Gasteiger partial charge < -0.3 is 0 Å². The Morgan fingerprint density at radius 3 is 2.41 bits per heavy atom. The molecule has 1 rings (SSSR count). The van der Waals surface area contributed by atoms with Crippen molar-refractivity contribution in [1.29, 1.82) is 5.26 Å². The summed E-state index contributed by atoms with van der Waals surface area (Å²) >= 11 is 5.98. The molecule has 0 aliphatic carbocycles. The summed E-state index contributed by atoms with van der Waals surface area (Å²) in [7, 11) is 0. The lowest BCUT2D eigenvalue weighted by molar-refractivity contribution is -0.121. The van der Waals surface area contributed by atoms with Crippen LogP contribution in [0.2, 0.25) is 5.02 Å². The second-order valence-electron chi connectivity index (χ2n) is 4.77. The third-order valence-corrected chi connectivity index (χ3v) is 2.60. The quantitative estimate of drug-likeness (QED) is 0.588. The molecule has 0 saturated carbocycles. The third-order valence-electron chi connectivity index (χ3n) is 2.25. The standard InChI is InChI=1S/C14H14ClNO/c1-14(2,3)13(17)11(9-16)8-10-6-4-5-7-12(10)15/h4-8H,1-3H3/b11-8+. The zero-order valence-electron chi connectivity index (χ0n) is 10.1. The summed E-state index contributed by atoms with van der Waals surface area (Å²) in [5, 5.41) is 9.56. The van der Waals surface area contributed by atoms with Crippen LogP contribution in [0.4, 0.5) is 0 Å². The molecule has 0 amide bonds. The maximum Gasteiger partial charge on any atom is 0.178 e. The van der Waals surface area contributed by atoms with Crippen molar-refractivity contribution in [2.45, 2.75) is 20.8 Å². The molecule has 0 aliphatic heterocycles. The fourth-order valence-electron chi connectivity index (χ4n) is 1.30. The van der Waals surface area contributed by atoms with E-state index in [4.69, 9.17) is 16.9 Å². The lowest BCUT2D eigenvalue weighted by atomic mass is 9.86. The Morgan fingerprint density at radius 1 is 1.35 bits per heavy atom. The molecule has 0 radical (unpaired) electrons. The fraction of sp³-hybridized carbons (Fsp3) is 0.286. The number of benzene rings is 1. The Morgan fingerprint density at radius 2 is 1.94 bits per heavy atom. The number of allylic oxidation sites excluding steroid dienone is 1. The van der Waals surface area contributed by atoms with Gasteiger partial charge >= 0.3 is 0 Å². The number of Topliss-reactive ketones (excluding diaryl/α,β-unsaturated/α-hetero) is 1. The Labute approximate surface area is 107 Å². The summed E-state index contributed by atoms with van der Waals surface area (Å²) in [5.41, 5.74) is 0.247. The van der Waals surface area contributed by atoms with E-state index in [2.05, 4.69) is 0 Å². The van der Waals surface area contributed by atoms with E-state index in [-0.39, 0.29) is 11.4 Å². The van der Waals surface area contributed by atoms with Gasteiger partial charge in [0, 0.05) is 10.4 Å². The molecule has 88 valence electrons. The normalized spacial score (nSPS) is 12.1. The van der Waals surface area contributed by atoms with Crippen LogP contribution in [0, 0.1) is 16.7 Å². The molecule has 0 heterocycles. The van der Waals surface area contributed by atoms with Crippen molar-refractivity contribution < 1.29 is 4.79 Å². The molecule has 0 N–H and O–H groups in total. The van der Waals surface area contributed by atoms with Gasteiger partial charge in [-0.2, -0.15) is 5.26 Å². The summed E-state index contributed by atoms with van der Waals surface area (Å²) in [5.74, 6) is -0.181. The molecule has 0 unspecified atom stereocenters. The van der Waals surface area contributed by atoms with E-state index in [9.17, 15) is 4.79 Å². The highest BCUT2D eigenvalue weighted by atomic mass is 35.5. The van der Waals surface area contributed by atoms with Crippen molar-refractivity contribution >= 4 is 23.5 Å². The lowest BCUT2D eigenvalue weighted by Gasteiger charge is -2.15. The first kappa shape index (κ1) is 13.5. The Balaban J connectivity index is 3.18. The second-order valence-corrected chi connectivity index (χ2v) is 5.18. The minimum atomic E-state index is -0.567. The van der Waals surface area contributed by atoms with E-state index >= 15 is 0 Å². The second kappa shape index (κ2) is 5.16. The van der Waals surface area contributed by atoms with Gasteiger partial charge in [0.05, 0.1) is 5.57 Å². The highest BCUT2D eigenvalue weighted by Crippen LogP contribution is 2.23. The monoisotopic (exact) mass is 247 g/mol. The minimum absolute atomic E-state index is 0.130. The van der Waals surface area contributed by atoms with E-state index in [0.717, 1.165) is 0 Å². The molecule has 0 spiro atoms. The predicted octanol–water partition coefficient (Wildman–Crippen LogP) is 3.86. The van der Waals surface area contributed by atoms with Gasteiger partial charge in [-0.3, -0.25) is 4.79 Å². The van der Waals surface area contributed by atoms with Crippen molar-refractivity contribution in [2.24, 2.45) is 5.41 Å². The maximum atomic E-state index is 12.0. The van der Waals surface area contributed by atoms with Crippen LogP contribution in [0.5, 0.6) is 0 Å². The van der Waals surface area contributed by atoms with Gasteiger partial charge in [-0.25, -0.2) is 0 Å². The van der Waals surface area contributed by atoms with Gasteiger partial charge in [-0.05, 0) is 17.7 Å². The Kier molecular flexibility index (Phi) is 4.09. The van der Waals surface area contributed by atoms with Gasteiger partial charge in [-0.15, -0.1) is 0 Å². The van der Waals surface area contributed by atoms with Gasteiger partial charge in [0.2, 0.25) is 0 Å². The summed E-state index contributed by atoms with van der Waals surface area (Å²) in [4.78, 5) is 12.0.